The molecule has 29 heavy (non-hydrogen) atoms. The molecule has 152 valence electrons. The van der Waals surface area contributed by atoms with E-state index in [4.69, 9.17) is 18.9 Å². The van der Waals surface area contributed by atoms with Gasteiger partial charge in [0.15, 0.2) is 11.5 Å². The number of benzene rings is 2. The predicted octanol–water partition coefficient (Wildman–Crippen LogP) is 3.54. The molecule has 3 rings (SSSR count). The number of hydrogen-bond donors (Lipinski definition) is 1. The molecule has 0 unspecified atom stereocenters. The van der Waals surface area contributed by atoms with Crippen molar-refractivity contribution in [1.82, 2.24) is 5.32 Å². The Morgan fingerprint density at radius 2 is 1.86 bits per heavy atom. The fourth-order valence-corrected chi connectivity index (χ4v) is 2.66. The smallest absolute Gasteiger partial charge is 0.354 e. The van der Waals surface area contributed by atoms with E-state index in [1.54, 1.807) is 42.5 Å². The van der Waals surface area contributed by atoms with Crippen molar-refractivity contribution in [2.75, 3.05) is 20.5 Å². The van der Waals surface area contributed by atoms with E-state index < -0.39 is 11.9 Å². The van der Waals surface area contributed by atoms with Crippen LogP contribution < -0.4 is 19.5 Å². The number of esters is 1. The molecule has 7 nitrogen and oxygen atoms in total. The molecule has 7 heteroatoms. The molecule has 0 fully saturated rings. The maximum atomic E-state index is 12.6. The minimum atomic E-state index is -0.657. The molecule has 1 amide bonds. The summed E-state index contributed by atoms with van der Waals surface area (Å²) in [5.41, 5.74) is 1.07. The monoisotopic (exact) mass is 397 g/mol. The maximum absolute atomic E-state index is 12.6. The van der Waals surface area contributed by atoms with E-state index >= 15 is 0 Å². The molecule has 0 atom stereocenters. The minimum absolute atomic E-state index is 0.0136. The first-order valence-electron chi connectivity index (χ1n) is 9.34. The summed E-state index contributed by atoms with van der Waals surface area (Å²) in [6.45, 7) is 2.88. The Morgan fingerprint density at radius 3 is 2.59 bits per heavy atom. The second-order valence-corrected chi connectivity index (χ2v) is 6.34. The van der Waals surface area contributed by atoms with Gasteiger partial charge >= 0.3 is 5.97 Å². The third kappa shape index (κ3) is 5.28. The fourth-order valence-electron chi connectivity index (χ4n) is 2.66. The molecule has 0 spiro atoms. The van der Waals surface area contributed by atoms with Crippen molar-refractivity contribution in [2.24, 2.45) is 0 Å². The summed E-state index contributed by atoms with van der Waals surface area (Å²) < 4.78 is 21.0. The van der Waals surface area contributed by atoms with Gasteiger partial charge in [-0.1, -0.05) is 19.4 Å². The second kappa shape index (κ2) is 9.64. The van der Waals surface area contributed by atoms with Gasteiger partial charge < -0.3 is 24.3 Å². The summed E-state index contributed by atoms with van der Waals surface area (Å²) >= 11 is 0. The molecule has 0 aromatic heterocycles. The average Bonchev–Trinajstić information content (AvgIpc) is 3.21. The number of rotatable bonds is 8. The molecule has 1 aliphatic rings. The average molecular weight is 397 g/mol. The zero-order valence-corrected chi connectivity index (χ0v) is 16.4. The van der Waals surface area contributed by atoms with Crippen molar-refractivity contribution < 1.29 is 28.5 Å². The van der Waals surface area contributed by atoms with Gasteiger partial charge in [-0.15, -0.1) is 0 Å². The first-order valence-corrected chi connectivity index (χ1v) is 9.34. The summed E-state index contributed by atoms with van der Waals surface area (Å²) in [5, 5.41) is 2.61. The van der Waals surface area contributed by atoms with Crippen LogP contribution in [0.3, 0.4) is 0 Å². The highest BCUT2D eigenvalue weighted by molar-refractivity contribution is 6.03. The number of fused-ring (bicyclic) bond motifs is 1. The van der Waals surface area contributed by atoms with Crippen molar-refractivity contribution in [3.8, 4) is 17.2 Å². The summed E-state index contributed by atoms with van der Waals surface area (Å²) in [7, 11) is 1.25. The van der Waals surface area contributed by atoms with Crippen LogP contribution in [0, 0.1) is 0 Å². The molecule has 1 heterocycles. The lowest BCUT2D eigenvalue weighted by Gasteiger charge is -2.10. The van der Waals surface area contributed by atoms with Crippen molar-refractivity contribution in [3.05, 3.63) is 59.3 Å². The van der Waals surface area contributed by atoms with E-state index in [1.165, 1.54) is 13.2 Å². The zero-order chi connectivity index (χ0) is 20.6. The van der Waals surface area contributed by atoms with Crippen LogP contribution in [-0.2, 0) is 9.53 Å². The lowest BCUT2D eigenvalue weighted by atomic mass is 10.1. The minimum Gasteiger partial charge on any atom is -0.494 e. The highest BCUT2D eigenvalue weighted by atomic mass is 16.7. The number of unbranched alkanes of at least 4 members (excludes halogenated alkanes) is 1. The Hall–Kier alpha value is -3.48. The third-order valence-electron chi connectivity index (χ3n) is 4.24. The molecule has 0 radical (unpaired) electrons. The van der Waals surface area contributed by atoms with Gasteiger partial charge in [0.1, 0.15) is 11.4 Å². The largest absolute Gasteiger partial charge is 0.494 e. The molecular formula is C22H23NO6. The van der Waals surface area contributed by atoms with Crippen LogP contribution in [0.2, 0.25) is 0 Å². The van der Waals surface area contributed by atoms with Gasteiger partial charge in [-0.05, 0) is 54.5 Å². The fraction of sp³-hybridized carbons (Fsp3) is 0.273. The number of methoxy groups -OCH3 is 1. The van der Waals surface area contributed by atoms with Gasteiger partial charge in [-0.2, -0.15) is 0 Å². The standard InChI is InChI=1S/C22H23NO6/c1-3-4-11-27-17-8-6-16(7-9-17)21(24)23-18(22(25)26-2)12-15-5-10-19-20(13-15)29-14-28-19/h5-10,12-13H,3-4,11,14H2,1-2H3,(H,23,24)/b18-12-. The second-order valence-electron chi connectivity index (χ2n) is 6.34. The van der Waals surface area contributed by atoms with Crippen molar-refractivity contribution in [3.63, 3.8) is 0 Å². The van der Waals surface area contributed by atoms with E-state index in [0.29, 0.717) is 35.0 Å². The van der Waals surface area contributed by atoms with Gasteiger partial charge in [0.25, 0.3) is 5.91 Å². The molecule has 1 aliphatic heterocycles. The van der Waals surface area contributed by atoms with Gasteiger partial charge in [-0.3, -0.25) is 4.79 Å². The third-order valence-corrected chi connectivity index (χ3v) is 4.24. The van der Waals surface area contributed by atoms with E-state index in [-0.39, 0.29) is 12.5 Å². The van der Waals surface area contributed by atoms with Crippen LogP contribution >= 0.6 is 0 Å². The first-order chi connectivity index (χ1) is 14.1. The Labute approximate surface area is 169 Å². The topological polar surface area (TPSA) is 83.1 Å². The van der Waals surface area contributed by atoms with E-state index in [0.717, 1.165) is 12.8 Å². The highest BCUT2D eigenvalue weighted by Gasteiger charge is 2.17. The highest BCUT2D eigenvalue weighted by Crippen LogP contribution is 2.33. The van der Waals surface area contributed by atoms with Gasteiger partial charge in [-0.25, -0.2) is 4.79 Å². The van der Waals surface area contributed by atoms with Crippen molar-refractivity contribution >= 4 is 18.0 Å². The first kappa shape index (κ1) is 20.3. The number of ether oxygens (including phenoxy) is 4. The number of carbonyl (C=O) groups excluding carboxylic acids is 2. The van der Waals surface area contributed by atoms with Crippen molar-refractivity contribution in [2.45, 2.75) is 19.8 Å². The predicted molar refractivity (Wildman–Crippen MR) is 107 cm³/mol. The van der Waals surface area contributed by atoms with Gasteiger partial charge in [0, 0.05) is 5.56 Å². The van der Waals surface area contributed by atoms with Crippen LogP contribution in [0.4, 0.5) is 0 Å². The van der Waals surface area contributed by atoms with Crippen LogP contribution in [0.25, 0.3) is 6.08 Å². The van der Waals surface area contributed by atoms with Crippen molar-refractivity contribution in [1.29, 1.82) is 0 Å². The van der Waals surface area contributed by atoms with Gasteiger partial charge in [0.2, 0.25) is 6.79 Å². The Bertz CT molecular complexity index is 904. The number of hydrogen-bond acceptors (Lipinski definition) is 6. The van der Waals surface area contributed by atoms with Gasteiger partial charge in [0.05, 0.1) is 13.7 Å². The lowest BCUT2D eigenvalue weighted by Crippen LogP contribution is -2.28. The Morgan fingerprint density at radius 1 is 1.10 bits per heavy atom. The quantitative estimate of drug-likeness (QED) is 0.417. The normalized spacial score (nSPS) is 12.4. The van der Waals surface area contributed by atoms with Crippen LogP contribution in [0.15, 0.2) is 48.2 Å². The molecule has 1 N–H and O–H groups in total. The SMILES string of the molecule is CCCCOc1ccc(C(=O)N/C(=C\c2ccc3c(c2)OCO3)C(=O)OC)cc1. The molecule has 0 bridgehead atoms. The molecule has 0 aliphatic carbocycles. The van der Waals surface area contributed by atoms with Crippen LogP contribution in [-0.4, -0.2) is 32.4 Å². The van der Waals surface area contributed by atoms with Crippen LogP contribution in [0.5, 0.6) is 17.2 Å². The Balaban J connectivity index is 1.73. The molecule has 0 saturated heterocycles. The van der Waals surface area contributed by atoms with E-state index in [2.05, 4.69) is 12.2 Å². The maximum Gasteiger partial charge on any atom is 0.354 e. The number of nitrogens with one attached hydrogen (secondary N) is 1. The van der Waals surface area contributed by atoms with E-state index in [1.807, 2.05) is 0 Å². The summed E-state index contributed by atoms with van der Waals surface area (Å²) in [6, 6.07) is 12.0. The van der Waals surface area contributed by atoms with E-state index in [9.17, 15) is 9.59 Å². The molecule has 0 saturated carbocycles. The van der Waals surface area contributed by atoms with Crippen LogP contribution in [0.1, 0.15) is 35.7 Å². The molecule has 2 aromatic carbocycles. The summed E-state index contributed by atoms with van der Waals surface area (Å²) in [6.07, 6.45) is 3.54. The summed E-state index contributed by atoms with van der Waals surface area (Å²) in [5.74, 6) is 0.817. The molecular weight excluding hydrogens is 374 g/mol. The molecule has 2 aromatic rings. The lowest BCUT2D eigenvalue weighted by molar-refractivity contribution is -0.136. The number of amides is 1. The Kier molecular flexibility index (Phi) is 6.73. The summed E-state index contributed by atoms with van der Waals surface area (Å²) in [4.78, 5) is 24.7. The zero-order valence-electron chi connectivity index (χ0n) is 16.4. The number of carbonyl (C=O) groups is 2.